The molecule has 0 bridgehead atoms. The number of rotatable bonds is 7. The molecule has 1 spiro atoms. The second kappa shape index (κ2) is 13.0. The summed E-state index contributed by atoms with van der Waals surface area (Å²) in [5.41, 5.74) is 1.69. The number of carbonyl (C=O) groups is 3. The fraction of sp³-hybridized carbons (Fsp3) is 0.781. The Morgan fingerprint density at radius 2 is 1.67 bits per heavy atom. The number of carbonyl (C=O) groups excluding carboxylic acids is 3. The maximum atomic E-state index is 13.4. The largest absolute Gasteiger partial charge is 0.453 e. The van der Waals surface area contributed by atoms with Gasteiger partial charge in [0, 0.05) is 76.7 Å². The van der Waals surface area contributed by atoms with E-state index in [2.05, 4.69) is 28.7 Å². The summed E-state index contributed by atoms with van der Waals surface area (Å²) < 4.78 is 11.3. The Bertz CT molecular complexity index is 1160. The summed E-state index contributed by atoms with van der Waals surface area (Å²) in [7, 11) is 1.41. The van der Waals surface area contributed by atoms with Gasteiger partial charge in [0.05, 0.1) is 24.1 Å². The van der Waals surface area contributed by atoms with Gasteiger partial charge in [-0.25, -0.2) is 19.6 Å². The maximum Gasteiger partial charge on any atom is 0.410 e. The number of nitrogens with zero attached hydrogens (tertiary/aromatic N) is 6. The molecule has 2 atom stereocenters. The lowest BCUT2D eigenvalue weighted by Gasteiger charge is -2.55. The lowest BCUT2D eigenvalue weighted by Crippen LogP contribution is -2.64. The predicted octanol–water partition coefficient (Wildman–Crippen LogP) is 4.27. The molecule has 5 rings (SSSR count). The molecule has 0 aromatic carbocycles. The summed E-state index contributed by atoms with van der Waals surface area (Å²) in [6, 6.07) is 0. The van der Waals surface area contributed by atoms with Crippen molar-refractivity contribution in [1.29, 1.82) is 0 Å². The number of likely N-dealkylation sites (tertiary alicyclic amines) is 3. The Morgan fingerprint density at radius 1 is 1.00 bits per heavy atom. The lowest BCUT2D eigenvalue weighted by molar-refractivity contribution is -0.134. The molecule has 4 aliphatic rings. The zero-order valence-corrected chi connectivity index (χ0v) is 26.8. The highest BCUT2D eigenvalue weighted by molar-refractivity contribution is 5.96. The molecule has 11 nitrogen and oxygen atoms in total. The molecule has 11 heteroatoms. The van der Waals surface area contributed by atoms with Crippen molar-refractivity contribution in [3.8, 4) is 0 Å². The van der Waals surface area contributed by atoms with Crippen molar-refractivity contribution >= 4 is 18.1 Å². The number of aryl methyl sites for hydroxylation is 2. The highest BCUT2D eigenvalue weighted by atomic mass is 16.6. The van der Waals surface area contributed by atoms with Crippen molar-refractivity contribution in [2.45, 2.75) is 90.2 Å². The Hall–Kier alpha value is -2.95. The van der Waals surface area contributed by atoms with Gasteiger partial charge in [-0.1, -0.05) is 19.8 Å². The van der Waals surface area contributed by atoms with Gasteiger partial charge in [0.25, 0.3) is 5.91 Å². The van der Waals surface area contributed by atoms with Crippen molar-refractivity contribution in [2.75, 3.05) is 59.5 Å². The Labute approximate surface area is 256 Å². The first-order valence-electron chi connectivity index (χ1n) is 16.2. The molecular weight excluding hydrogens is 548 g/mol. The highest BCUT2D eigenvalue weighted by Crippen LogP contribution is 2.43. The van der Waals surface area contributed by atoms with Gasteiger partial charge in [-0.05, 0) is 52.4 Å². The van der Waals surface area contributed by atoms with Gasteiger partial charge in [-0.15, -0.1) is 0 Å². The third-order valence-corrected chi connectivity index (χ3v) is 10.8. The van der Waals surface area contributed by atoms with Crippen molar-refractivity contribution in [1.82, 2.24) is 29.6 Å². The quantitative estimate of drug-likeness (QED) is 0.458. The molecule has 238 valence electrons. The third kappa shape index (κ3) is 6.47. The molecule has 0 radical (unpaired) electrons. The van der Waals surface area contributed by atoms with E-state index in [4.69, 9.17) is 9.47 Å². The van der Waals surface area contributed by atoms with Crippen molar-refractivity contribution < 1.29 is 23.9 Å². The number of methoxy groups -OCH3 is 1. The summed E-state index contributed by atoms with van der Waals surface area (Å²) in [5.74, 6) is 0.579. The molecule has 1 aromatic heterocycles. The smallest absolute Gasteiger partial charge is 0.410 e. The number of hydrogen-bond donors (Lipinski definition) is 0. The minimum Gasteiger partial charge on any atom is -0.453 e. The molecule has 3 amide bonds. The van der Waals surface area contributed by atoms with Crippen LogP contribution in [0.5, 0.6) is 0 Å². The van der Waals surface area contributed by atoms with Gasteiger partial charge in [0.1, 0.15) is 11.9 Å². The van der Waals surface area contributed by atoms with E-state index in [1.54, 1.807) is 4.90 Å². The van der Waals surface area contributed by atoms with E-state index in [-0.39, 0.29) is 29.6 Å². The second-order valence-electron chi connectivity index (χ2n) is 13.4. The predicted molar refractivity (Wildman–Crippen MR) is 162 cm³/mol. The molecular formula is C32H50N6O5. The van der Waals surface area contributed by atoms with Gasteiger partial charge in [0.2, 0.25) is 0 Å². The maximum absolute atomic E-state index is 13.4. The van der Waals surface area contributed by atoms with Crippen LogP contribution < -0.4 is 0 Å². The van der Waals surface area contributed by atoms with E-state index in [1.165, 1.54) is 13.4 Å². The molecule has 0 unspecified atom stereocenters. The third-order valence-electron chi connectivity index (χ3n) is 10.8. The van der Waals surface area contributed by atoms with Crippen LogP contribution in [0, 0.1) is 25.7 Å². The molecule has 4 fully saturated rings. The zero-order chi connectivity index (χ0) is 30.8. The Morgan fingerprint density at radius 3 is 2.30 bits per heavy atom. The summed E-state index contributed by atoms with van der Waals surface area (Å²) >= 11 is 0. The first kappa shape index (κ1) is 31.5. The summed E-state index contributed by atoms with van der Waals surface area (Å²) in [5, 5.41) is 0. The number of piperidine rings is 2. The first-order chi connectivity index (χ1) is 20.6. The van der Waals surface area contributed by atoms with Crippen LogP contribution in [-0.2, 0) is 9.47 Å². The monoisotopic (exact) mass is 598 g/mol. The second-order valence-corrected chi connectivity index (χ2v) is 13.4. The molecule has 0 N–H and O–H groups in total. The van der Waals surface area contributed by atoms with Crippen LogP contribution in [0.1, 0.15) is 87.0 Å². The SMILES string of the molecule is CCCC[C@H]1CN(C[C@@H]2CCN(C(=O)OC)C2)C(=O)OC12CCN(C1(C)CCN(C(=O)c3c(C)ncnc3C)CC1)CC2. The number of unbranched alkanes of at least 4 members (excludes halogenated alkanes) is 1. The van der Waals surface area contributed by atoms with Gasteiger partial charge in [-0.2, -0.15) is 0 Å². The molecule has 4 saturated heterocycles. The molecule has 4 aliphatic heterocycles. The summed E-state index contributed by atoms with van der Waals surface area (Å²) in [6.45, 7) is 14.1. The van der Waals surface area contributed by atoms with E-state index in [9.17, 15) is 14.4 Å². The fourth-order valence-electron chi connectivity index (χ4n) is 7.87. The van der Waals surface area contributed by atoms with Crippen molar-refractivity contribution in [2.24, 2.45) is 11.8 Å². The standard InChI is InChI=1S/C32H50N6O5/c1-6-7-8-26-21-37(20-25-9-14-36(19-25)29(40)42-5)30(41)43-32(26)12-17-38(18-13-32)31(4)10-15-35(16-11-31)28(39)27-23(2)33-22-34-24(27)3/h22,25-26H,6-21H2,1-5H3/t25-,26+/m1/s1. The molecule has 5 heterocycles. The average Bonchev–Trinajstić information content (AvgIpc) is 3.46. The van der Waals surface area contributed by atoms with Crippen LogP contribution in [0.2, 0.25) is 0 Å². The Kier molecular flexibility index (Phi) is 9.49. The normalized spacial score (nSPS) is 25.6. The number of hydrogen-bond acceptors (Lipinski definition) is 8. The highest BCUT2D eigenvalue weighted by Gasteiger charge is 2.52. The Balaban J connectivity index is 1.18. The minimum absolute atomic E-state index is 0.00722. The van der Waals surface area contributed by atoms with Gasteiger partial charge < -0.3 is 24.2 Å². The van der Waals surface area contributed by atoms with E-state index in [1.807, 2.05) is 23.6 Å². The van der Waals surface area contributed by atoms with Crippen LogP contribution in [0.15, 0.2) is 6.33 Å². The van der Waals surface area contributed by atoms with E-state index in [0.717, 1.165) is 82.4 Å². The van der Waals surface area contributed by atoms with Crippen LogP contribution in [0.4, 0.5) is 9.59 Å². The number of aromatic nitrogens is 2. The lowest BCUT2D eigenvalue weighted by atomic mass is 9.74. The van der Waals surface area contributed by atoms with Crippen molar-refractivity contribution in [3.63, 3.8) is 0 Å². The molecule has 43 heavy (non-hydrogen) atoms. The number of ether oxygens (including phenoxy) is 2. The molecule has 0 saturated carbocycles. The van der Waals surface area contributed by atoms with E-state index in [0.29, 0.717) is 44.2 Å². The number of amides is 3. The molecule has 0 aliphatic carbocycles. The minimum atomic E-state index is -0.414. The van der Waals surface area contributed by atoms with Crippen LogP contribution in [-0.4, -0.2) is 118 Å². The van der Waals surface area contributed by atoms with Gasteiger partial charge in [0.15, 0.2) is 0 Å². The van der Waals surface area contributed by atoms with E-state index < -0.39 is 5.60 Å². The van der Waals surface area contributed by atoms with Gasteiger partial charge in [-0.3, -0.25) is 9.69 Å². The first-order valence-corrected chi connectivity index (χ1v) is 16.2. The summed E-state index contributed by atoms with van der Waals surface area (Å²) in [4.78, 5) is 55.3. The van der Waals surface area contributed by atoms with Gasteiger partial charge >= 0.3 is 12.2 Å². The molecule has 1 aromatic rings. The topological polar surface area (TPSA) is 108 Å². The van der Waals surface area contributed by atoms with Crippen LogP contribution in [0.25, 0.3) is 0 Å². The van der Waals surface area contributed by atoms with Crippen LogP contribution >= 0.6 is 0 Å². The van der Waals surface area contributed by atoms with Crippen molar-refractivity contribution in [3.05, 3.63) is 23.3 Å². The zero-order valence-electron chi connectivity index (χ0n) is 26.8. The van der Waals surface area contributed by atoms with E-state index >= 15 is 0 Å². The summed E-state index contributed by atoms with van der Waals surface area (Å²) in [6.07, 6.45) is 8.69. The van der Waals surface area contributed by atoms with Crippen LogP contribution in [0.3, 0.4) is 0 Å². The average molecular weight is 599 g/mol. The fourth-order valence-corrected chi connectivity index (χ4v) is 7.87.